The van der Waals surface area contributed by atoms with Gasteiger partial charge in [0.2, 0.25) is 5.91 Å². The maximum absolute atomic E-state index is 11.4. The summed E-state index contributed by atoms with van der Waals surface area (Å²) in [6, 6.07) is 7.48. The first kappa shape index (κ1) is 12.4. The van der Waals surface area contributed by atoms with Crippen molar-refractivity contribution in [2.45, 2.75) is 26.2 Å². The number of rotatable bonds is 5. The highest BCUT2D eigenvalue weighted by atomic mass is 16.5. The van der Waals surface area contributed by atoms with Crippen LogP contribution in [0.15, 0.2) is 29.3 Å². The van der Waals surface area contributed by atoms with Crippen LogP contribution in [0.3, 0.4) is 0 Å². The number of aliphatic imine (C=N–C) groups is 1. The summed E-state index contributed by atoms with van der Waals surface area (Å²) in [6.07, 6.45) is 3.87. The molecular weight excluding hydrogens is 202 g/mol. The third-order valence-corrected chi connectivity index (χ3v) is 2.14. The molecule has 1 aromatic carbocycles. The lowest BCUT2D eigenvalue weighted by atomic mass is 10.1. The number of hydrogen-bond donors (Lipinski definition) is 0. The van der Waals surface area contributed by atoms with Gasteiger partial charge >= 0.3 is 0 Å². The number of carbonyl (C=O) groups excluding carboxylic acids is 1. The monoisotopic (exact) mass is 219 g/mol. The molecule has 0 aliphatic heterocycles. The van der Waals surface area contributed by atoms with E-state index in [0.29, 0.717) is 6.42 Å². The van der Waals surface area contributed by atoms with Gasteiger partial charge in [-0.15, -0.1) is 0 Å². The summed E-state index contributed by atoms with van der Waals surface area (Å²) in [5.74, 6) is 0.657. The zero-order valence-corrected chi connectivity index (χ0v) is 9.77. The molecule has 0 atom stereocenters. The van der Waals surface area contributed by atoms with Crippen LogP contribution in [-0.2, 0) is 11.2 Å². The molecule has 16 heavy (non-hydrogen) atoms. The van der Waals surface area contributed by atoms with E-state index in [1.807, 2.05) is 24.3 Å². The van der Waals surface area contributed by atoms with Gasteiger partial charge in [-0.05, 0) is 24.1 Å². The van der Waals surface area contributed by atoms with Crippen LogP contribution in [-0.4, -0.2) is 19.2 Å². The van der Waals surface area contributed by atoms with Crippen molar-refractivity contribution in [3.63, 3.8) is 0 Å². The van der Waals surface area contributed by atoms with E-state index in [9.17, 15) is 4.79 Å². The molecule has 0 saturated heterocycles. The zero-order chi connectivity index (χ0) is 11.8. The fraction of sp³-hybridized carbons (Fsp3) is 0.385. The van der Waals surface area contributed by atoms with Crippen LogP contribution in [0.2, 0.25) is 0 Å². The molecule has 1 aromatic rings. The van der Waals surface area contributed by atoms with Crippen LogP contribution in [0, 0.1) is 0 Å². The molecule has 0 aliphatic carbocycles. The average molecular weight is 219 g/mol. The van der Waals surface area contributed by atoms with Gasteiger partial charge in [-0.2, -0.15) is 0 Å². The minimum atomic E-state index is -0.110. The molecular formula is C13H17NO2. The van der Waals surface area contributed by atoms with Gasteiger partial charge in [-0.1, -0.05) is 25.5 Å². The topological polar surface area (TPSA) is 38.7 Å². The molecule has 0 aromatic heterocycles. The van der Waals surface area contributed by atoms with Crippen LogP contribution >= 0.6 is 0 Å². The Hall–Kier alpha value is -1.64. The Morgan fingerprint density at radius 3 is 3.00 bits per heavy atom. The highest BCUT2D eigenvalue weighted by Crippen LogP contribution is 2.13. The van der Waals surface area contributed by atoms with Crippen LogP contribution in [0.4, 0.5) is 0 Å². The molecule has 0 spiro atoms. The highest BCUT2D eigenvalue weighted by Gasteiger charge is 2.01. The van der Waals surface area contributed by atoms with E-state index in [1.54, 1.807) is 13.3 Å². The molecule has 0 heterocycles. The highest BCUT2D eigenvalue weighted by molar-refractivity contribution is 5.86. The number of hydrogen-bond acceptors (Lipinski definition) is 2. The Labute approximate surface area is 96.2 Å². The van der Waals surface area contributed by atoms with Crippen LogP contribution in [0.25, 0.3) is 0 Å². The van der Waals surface area contributed by atoms with E-state index in [4.69, 9.17) is 4.74 Å². The van der Waals surface area contributed by atoms with Gasteiger partial charge in [0, 0.05) is 6.21 Å². The predicted octanol–water partition coefficient (Wildman–Crippen LogP) is 2.64. The van der Waals surface area contributed by atoms with E-state index in [0.717, 1.165) is 24.2 Å². The molecule has 3 heteroatoms. The summed E-state index contributed by atoms with van der Waals surface area (Å²) in [7, 11) is 1.61. The van der Waals surface area contributed by atoms with E-state index in [1.165, 1.54) is 0 Å². The van der Waals surface area contributed by atoms with Crippen molar-refractivity contribution in [2.24, 2.45) is 4.99 Å². The first-order valence-electron chi connectivity index (χ1n) is 5.44. The summed E-state index contributed by atoms with van der Waals surface area (Å²) in [4.78, 5) is 15.3. The third-order valence-electron chi connectivity index (χ3n) is 2.14. The number of ether oxygens (including phenoxy) is 1. The van der Waals surface area contributed by atoms with Crippen molar-refractivity contribution in [3.05, 3.63) is 29.8 Å². The molecule has 3 nitrogen and oxygen atoms in total. The fourth-order valence-electron chi connectivity index (χ4n) is 1.30. The number of carbonyl (C=O) groups is 1. The van der Waals surface area contributed by atoms with Crippen molar-refractivity contribution in [3.8, 4) is 5.75 Å². The summed E-state index contributed by atoms with van der Waals surface area (Å²) in [5.41, 5.74) is 0.929. The fourth-order valence-corrected chi connectivity index (χ4v) is 1.30. The second kappa shape index (κ2) is 6.77. The van der Waals surface area contributed by atoms with Gasteiger partial charge in [0.25, 0.3) is 0 Å². The molecule has 0 bridgehead atoms. The molecule has 1 rings (SSSR count). The van der Waals surface area contributed by atoms with Crippen molar-refractivity contribution in [1.29, 1.82) is 0 Å². The van der Waals surface area contributed by atoms with Gasteiger partial charge < -0.3 is 4.74 Å². The Balaban J connectivity index is 2.55. The number of nitrogens with zero attached hydrogens (tertiary/aromatic N) is 1. The molecule has 0 saturated carbocycles. The van der Waals surface area contributed by atoms with E-state index >= 15 is 0 Å². The number of unbranched alkanes of at least 4 members (excludes halogenated alkanes) is 1. The molecule has 0 aliphatic rings. The second-order valence-electron chi connectivity index (χ2n) is 3.52. The first-order valence-corrected chi connectivity index (χ1v) is 5.44. The van der Waals surface area contributed by atoms with Gasteiger partial charge in [0.15, 0.2) is 0 Å². The summed E-state index contributed by atoms with van der Waals surface area (Å²) in [5, 5.41) is 0. The molecule has 0 fully saturated rings. The van der Waals surface area contributed by atoms with Crippen molar-refractivity contribution < 1.29 is 9.53 Å². The maximum atomic E-state index is 11.4. The van der Waals surface area contributed by atoms with E-state index in [2.05, 4.69) is 11.9 Å². The minimum absolute atomic E-state index is 0.110. The molecule has 86 valence electrons. The van der Waals surface area contributed by atoms with Gasteiger partial charge in [0.05, 0.1) is 13.5 Å². The summed E-state index contributed by atoms with van der Waals surface area (Å²) < 4.78 is 5.09. The first-order chi connectivity index (χ1) is 7.76. The van der Waals surface area contributed by atoms with Gasteiger partial charge in [0.1, 0.15) is 5.75 Å². The molecule has 1 amide bonds. The molecule has 0 radical (unpaired) electrons. The van der Waals surface area contributed by atoms with Crippen molar-refractivity contribution in [2.75, 3.05) is 7.11 Å². The standard InChI is InChI=1S/C13H17NO2/c1-3-4-8-14-13(15)10-11-6-5-7-12(9-11)16-2/h5-9H,3-4,10H2,1-2H3. The van der Waals surface area contributed by atoms with Crippen LogP contribution in [0.1, 0.15) is 25.3 Å². The normalized spacial score (nSPS) is 10.6. The average Bonchev–Trinajstić information content (AvgIpc) is 2.29. The van der Waals surface area contributed by atoms with Crippen molar-refractivity contribution >= 4 is 12.1 Å². The number of amides is 1. The largest absolute Gasteiger partial charge is 0.497 e. The Morgan fingerprint density at radius 2 is 2.31 bits per heavy atom. The number of methoxy groups -OCH3 is 1. The van der Waals surface area contributed by atoms with E-state index < -0.39 is 0 Å². The van der Waals surface area contributed by atoms with Crippen LogP contribution in [0.5, 0.6) is 5.75 Å². The Kier molecular flexibility index (Phi) is 5.26. The minimum Gasteiger partial charge on any atom is -0.497 e. The second-order valence-corrected chi connectivity index (χ2v) is 3.52. The van der Waals surface area contributed by atoms with Crippen molar-refractivity contribution in [1.82, 2.24) is 0 Å². The smallest absolute Gasteiger partial charge is 0.249 e. The lowest BCUT2D eigenvalue weighted by Crippen LogP contribution is -1.99. The van der Waals surface area contributed by atoms with Gasteiger partial charge in [-0.3, -0.25) is 4.79 Å². The van der Waals surface area contributed by atoms with Crippen LogP contribution < -0.4 is 4.74 Å². The SMILES string of the molecule is CCCC=NC(=O)Cc1cccc(OC)c1. The van der Waals surface area contributed by atoms with E-state index in [-0.39, 0.29) is 5.91 Å². The molecule has 0 N–H and O–H groups in total. The van der Waals surface area contributed by atoms with Gasteiger partial charge in [-0.25, -0.2) is 4.99 Å². The third kappa shape index (κ3) is 4.26. The molecule has 0 unspecified atom stereocenters. The number of benzene rings is 1. The lowest BCUT2D eigenvalue weighted by Gasteiger charge is -2.01. The Bertz CT molecular complexity index is 372. The summed E-state index contributed by atoms with van der Waals surface area (Å²) >= 11 is 0. The predicted molar refractivity (Wildman–Crippen MR) is 65.1 cm³/mol. The zero-order valence-electron chi connectivity index (χ0n) is 9.77. The lowest BCUT2D eigenvalue weighted by molar-refractivity contribution is -0.117. The summed E-state index contributed by atoms with van der Waals surface area (Å²) in [6.45, 7) is 2.05. The quantitative estimate of drug-likeness (QED) is 0.714. The maximum Gasteiger partial charge on any atom is 0.249 e. The Morgan fingerprint density at radius 1 is 1.50 bits per heavy atom.